The highest BCUT2D eigenvalue weighted by molar-refractivity contribution is 6.32. The van der Waals surface area contributed by atoms with E-state index < -0.39 is 17.5 Å². The highest BCUT2D eigenvalue weighted by Gasteiger charge is 2.46. The molecule has 2 aliphatic rings. The topological polar surface area (TPSA) is 50.0 Å². The standard InChI is InChI=1S/C18H22ClFN4O2/c1-18(2,3)26-17(25)24-10-23(13-7-5-6-8-14(13)24)16-11(20)9-12(21-4)15(19)22-16/h9,13-14H,5-8,10H2,1-3H3/t13-,14+/m1/s1. The fourth-order valence-electron chi connectivity index (χ4n) is 3.66. The van der Waals surface area contributed by atoms with E-state index in [4.69, 9.17) is 22.9 Å². The summed E-state index contributed by atoms with van der Waals surface area (Å²) in [5, 5.41) is -0.0283. The molecule has 1 aromatic rings. The molecular formula is C18H22ClFN4O2. The summed E-state index contributed by atoms with van der Waals surface area (Å²) in [6.07, 6.45) is 3.31. The number of rotatable bonds is 1. The Hall–Kier alpha value is -2.07. The summed E-state index contributed by atoms with van der Waals surface area (Å²) < 4.78 is 20.1. The van der Waals surface area contributed by atoms with Crippen molar-refractivity contribution < 1.29 is 13.9 Å². The number of aromatic nitrogens is 1. The van der Waals surface area contributed by atoms with Gasteiger partial charge in [-0.1, -0.05) is 24.4 Å². The molecule has 0 N–H and O–H groups in total. The molecule has 0 aromatic carbocycles. The van der Waals surface area contributed by atoms with Crippen LogP contribution in [0, 0.1) is 12.4 Å². The van der Waals surface area contributed by atoms with E-state index in [-0.39, 0.29) is 35.4 Å². The predicted octanol–water partition coefficient (Wildman–Crippen LogP) is 4.75. The van der Waals surface area contributed by atoms with Gasteiger partial charge in [0.25, 0.3) is 0 Å². The van der Waals surface area contributed by atoms with Crippen molar-refractivity contribution in [3.8, 4) is 0 Å². The van der Waals surface area contributed by atoms with Crippen LogP contribution in [0.25, 0.3) is 4.85 Å². The molecule has 1 saturated carbocycles. The van der Waals surface area contributed by atoms with Gasteiger partial charge in [0, 0.05) is 0 Å². The van der Waals surface area contributed by atoms with Crippen molar-refractivity contribution in [3.63, 3.8) is 0 Å². The third kappa shape index (κ3) is 3.56. The Labute approximate surface area is 157 Å². The molecular weight excluding hydrogens is 359 g/mol. The summed E-state index contributed by atoms with van der Waals surface area (Å²) >= 11 is 6.02. The van der Waals surface area contributed by atoms with Crippen molar-refractivity contribution >= 4 is 29.2 Å². The molecule has 1 amide bonds. The van der Waals surface area contributed by atoms with E-state index in [0.717, 1.165) is 31.7 Å². The quantitative estimate of drug-likeness (QED) is 0.521. The Kier molecular flexibility index (Phi) is 4.98. The molecule has 0 unspecified atom stereocenters. The Bertz CT molecular complexity index is 759. The van der Waals surface area contributed by atoms with Crippen molar-refractivity contribution in [1.29, 1.82) is 0 Å². The van der Waals surface area contributed by atoms with Crippen LogP contribution < -0.4 is 4.90 Å². The largest absolute Gasteiger partial charge is 0.444 e. The summed E-state index contributed by atoms with van der Waals surface area (Å²) in [7, 11) is 0. The summed E-state index contributed by atoms with van der Waals surface area (Å²) in [6, 6.07) is 1.03. The SMILES string of the molecule is [C-]#[N+]c1cc(F)c(N2CN(C(=O)OC(C)(C)C)[C@H]3CCCC[C@H]32)nc1Cl. The van der Waals surface area contributed by atoms with Gasteiger partial charge in [-0.3, -0.25) is 4.90 Å². The molecule has 0 radical (unpaired) electrons. The minimum Gasteiger partial charge on any atom is -0.444 e. The van der Waals surface area contributed by atoms with Gasteiger partial charge >= 0.3 is 6.09 Å². The first-order valence-corrected chi connectivity index (χ1v) is 9.09. The summed E-state index contributed by atoms with van der Waals surface area (Å²) in [6.45, 7) is 12.7. The predicted molar refractivity (Wildman–Crippen MR) is 96.9 cm³/mol. The maximum absolute atomic E-state index is 14.6. The first kappa shape index (κ1) is 18.7. The normalized spacial score (nSPS) is 22.8. The van der Waals surface area contributed by atoms with Crippen LogP contribution in [0.5, 0.6) is 0 Å². The molecule has 8 heteroatoms. The van der Waals surface area contributed by atoms with Crippen LogP contribution in [-0.2, 0) is 4.74 Å². The minimum atomic E-state index is -0.601. The number of carbonyl (C=O) groups is 1. The van der Waals surface area contributed by atoms with Gasteiger partial charge in [-0.05, 0) is 39.7 Å². The Morgan fingerprint density at radius 1 is 1.38 bits per heavy atom. The van der Waals surface area contributed by atoms with Crippen LogP contribution in [0.15, 0.2) is 6.07 Å². The number of carbonyl (C=O) groups excluding carboxylic acids is 1. The van der Waals surface area contributed by atoms with Crippen molar-refractivity contribution in [2.24, 2.45) is 0 Å². The molecule has 1 aliphatic carbocycles. The zero-order chi connectivity index (χ0) is 19.1. The van der Waals surface area contributed by atoms with Gasteiger partial charge in [0.05, 0.1) is 25.3 Å². The van der Waals surface area contributed by atoms with Crippen LogP contribution in [0.4, 0.5) is 20.7 Å². The molecule has 3 rings (SSSR count). The first-order chi connectivity index (χ1) is 12.2. The number of pyridine rings is 1. The third-order valence-electron chi connectivity index (χ3n) is 4.71. The maximum Gasteiger partial charge on any atom is 0.412 e. The smallest absolute Gasteiger partial charge is 0.412 e. The molecule has 2 fully saturated rings. The molecule has 26 heavy (non-hydrogen) atoms. The lowest BCUT2D eigenvalue weighted by Crippen LogP contribution is -2.44. The molecule has 1 aromatic heterocycles. The third-order valence-corrected chi connectivity index (χ3v) is 4.99. The van der Waals surface area contributed by atoms with Gasteiger partial charge in [0.2, 0.25) is 5.69 Å². The number of hydrogen-bond donors (Lipinski definition) is 0. The van der Waals surface area contributed by atoms with Crippen molar-refractivity contribution in [2.45, 2.75) is 64.1 Å². The van der Waals surface area contributed by atoms with E-state index in [1.165, 1.54) is 0 Å². The van der Waals surface area contributed by atoms with Crippen molar-refractivity contribution in [3.05, 3.63) is 28.5 Å². The molecule has 1 saturated heterocycles. The number of nitrogens with zero attached hydrogens (tertiary/aromatic N) is 4. The second-order valence-corrected chi connectivity index (χ2v) is 8.05. The van der Waals surface area contributed by atoms with E-state index in [1.54, 1.807) is 9.80 Å². The van der Waals surface area contributed by atoms with E-state index in [0.29, 0.717) is 0 Å². The molecule has 140 valence electrons. The average Bonchev–Trinajstić information content (AvgIpc) is 2.94. The number of hydrogen-bond acceptors (Lipinski definition) is 4. The highest BCUT2D eigenvalue weighted by atomic mass is 35.5. The van der Waals surface area contributed by atoms with E-state index in [1.807, 2.05) is 20.8 Å². The second kappa shape index (κ2) is 6.92. The highest BCUT2D eigenvalue weighted by Crippen LogP contribution is 2.38. The minimum absolute atomic E-state index is 0.0173. The zero-order valence-corrected chi connectivity index (χ0v) is 15.9. The summed E-state index contributed by atoms with van der Waals surface area (Å²) in [5.41, 5.74) is -0.616. The number of anilines is 1. The summed E-state index contributed by atoms with van der Waals surface area (Å²) in [5.74, 6) is -0.513. The first-order valence-electron chi connectivity index (χ1n) is 8.71. The van der Waals surface area contributed by atoms with Crippen LogP contribution in [0.3, 0.4) is 0 Å². The Balaban J connectivity index is 1.92. The van der Waals surface area contributed by atoms with Crippen molar-refractivity contribution in [2.75, 3.05) is 11.6 Å². The van der Waals surface area contributed by atoms with Gasteiger partial charge in [-0.15, -0.1) is 0 Å². The number of ether oxygens (including phenoxy) is 1. The number of halogens is 2. The fraction of sp³-hybridized carbons (Fsp3) is 0.611. The molecule has 0 bridgehead atoms. The lowest BCUT2D eigenvalue weighted by Gasteiger charge is -2.33. The zero-order valence-electron chi connectivity index (χ0n) is 15.1. The Morgan fingerprint density at radius 3 is 2.65 bits per heavy atom. The lowest BCUT2D eigenvalue weighted by molar-refractivity contribution is 0.0201. The van der Waals surface area contributed by atoms with Gasteiger partial charge in [-0.25, -0.2) is 19.0 Å². The molecule has 2 heterocycles. The van der Waals surface area contributed by atoms with Crippen LogP contribution in [0.1, 0.15) is 46.5 Å². The number of amides is 1. The lowest BCUT2D eigenvalue weighted by atomic mass is 9.90. The van der Waals surface area contributed by atoms with Gasteiger partial charge in [0.15, 0.2) is 11.6 Å². The molecule has 6 nitrogen and oxygen atoms in total. The van der Waals surface area contributed by atoms with Gasteiger partial charge in [-0.2, -0.15) is 0 Å². The van der Waals surface area contributed by atoms with Crippen LogP contribution in [0.2, 0.25) is 5.15 Å². The maximum atomic E-state index is 14.6. The monoisotopic (exact) mass is 380 g/mol. The van der Waals surface area contributed by atoms with Gasteiger partial charge < -0.3 is 9.64 Å². The van der Waals surface area contributed by atoms with E-state index >= 15 is 0 Å². The molecule has 2 atom stereocenters. The van der Waals surface area contributed by atoms with E-state index in [9.17, 15) is 9.18 Å². The average molecular weight is 381 g/mol. The van der Waals surface area contributed by atoms with Crippen LogP contribution >= 0.6 is 11.6 Å². The second-order valence-electron chi connectivity index (χ2n) is 7.70. The number of fused-ring (bicyclic) bond motifs is 1. The fourth-order valence-corrected chi connectivity index (χ4v) is 3.83. The van der Waals surface area contributed by atoms with Crippen LogP contribution in [-0.4, -0.2) is 40.3 Å². The summed E-state index contributed by atoms with van der Waals surface area (Å²) in [4.78, 5) is 23.4. The Morgan fingerprint density at radius 2 is 2.04 bits per heavy atom. The molecule has 1 aliphatic heterocycles. The van der Waals surface area contributed by atoms with Gasteiger partial charge in [0.1, 0.15) is 10.8 Å². The molecule has 0 spiro atoms. The van der Waals surface area contributed by atoms with E-state index in [2.05, 4.69) is 9.83 Å². The van der Waals surface area contributed by atoms with Crippen molar-refractivity contribution in [1.82, 2.24) is 9.88 Å².